The number of carboxylic acids is 1. The molecule has 0 aromatic heterocycles. The molecule has 7 heteroatoms. The van der Waals surface area contributed by atoms with Crippen LogP contribution >= 0.6 is 11.6 Å². The van der Waals surface area contributed by atoms with Crippen molar-refractivity contribution < 1.29 is 14.7 Å². The van der Waals surface area contributed by atoms with Gasteiger partial charge in [-0.15, -0.1) is 0 Å². The van der Waals surface area contributed by atoms with Crippen LogP contribution in [-0.4, -0.2) is 23.1 Å². The summed E-state index contributed by atoms with van der Waals surface area (Å²) in [7, 11) is 0. The Morgan fingerprint density at radius 3 is 2.50 bits per heavy atom. The second-order valence-corrected chi connectivity index (χ2v) is 4.87. The third-order valence-corrected chi connectivity index (χ3v) is 2.88. The molecular weight excluding hydrogens is 282 g/mol. The van der Waals surface area contributed by atoms with Crippen LogP contribution in [0.1, 0.15) is 19.4 Å². The number of halogens is 1. The third-order valence-electron chi connectivity index (χ3n) is 2.57. The number of benzene rings is 1. The van der Waals surface area contributed by atoms with Crippen molar-refractivity contribution in [2.24, 2.45) is 5.92 Å². The van der Waals surface area contributed by atoms with Crippen LogP contribution in [0.5, 0.6) is 0 Å². The Hall–Kier alpha value is -2.26. The van der Waals surface area contributed by atoms with Crippen LogP contribution in [0.4, 0.5) is 10.5 Å². The molecule has 106 valence electrons. The topological polar surface area (TPSA) is 102 Å². The average molecular weight is 296 g/mol. The highest BCUT2D eigenvalue weighted by Crippen LogP contribution is 2.22. The largest absolute Gasteiger partial charge is 0.480 e. The van der Waals surface area contributed by atoms with Crippen molar-refractivity contribution in [2.45, 2.75) is 19.9 Å². The molecule has 0 aliphatic rings. The van der Waals surface area contributed by atoms with E-state index in [1.165, 1.54) is 18.2 Å². The van der Waals surface area contributed by atoms with Crippen molar-refractivity contribution >= 4 is 29.3 Å². The van der Waals surface area contributed by atoms with Crippen molar-refractivity contribution in [1.29, 1.82) is 5.26 Å². The first-order valence-corrected chi connectivity index (χ1v) is 6.23. The van der Waals surface area contributed by atoms with Crippen LogP contribution in [0.15, 0.2) is 18.2 Å². The number of amides is 2. The van der Waals surface area contributed by atoms with Crippen LogP contribution in [-0.2, 0) is 4.79 Å². The fourth-order valence-corrected chi connectivity index (χ4v) is 1.73. The van der Waals surface area contributed by atoms with Crippen molar-refractivity contribution in [1.82, 2.24) is 5.32 Å². The summed E-state index contributed by atoms with van der Waals surface area (Å²) in [4.78, 5) is 22.7. The highest BCUT2D eigenvalue weighted by Gasteiger charge is 2.23. The monoisotopic (exact) mass is 295 g/mol. The molecule has 0 aliphatic carbocycles. The van der Waals surface area contributed by atoms with Crippen LogP contribution in [0.3, 0.4) is 0 Å². The maximum Gasteiger partial charge on any atom is 0.326 e. The Balaban J connectivity index is 2.76. The minimum Gasteiger partial charge on any atom is -0.480 e. The number of hydrogen-bond acceptors (Lipinski definition) is 3. The van der Waals surface area contributed by atoms with Gasteiger partial charge < -0.3 is 15.7 Å². The number of aliphatic carboxylic acids is 1. The maximum absolute atomic E-state index is 11.7. The first-order chi connectivity index (χ1) is 9.35. The number of urea groups is 1. The molecule has 6 nitrogen and oxygen atoms in total. The molecule has 0 saturated carbocycles. The van der Waals surface area contributed by atoms with Gasteiger partial charge in [-0.3, -0.25) is 0 Å². The number of nitrogens with zero attached hydrogens (tertiary/aromatic N) is 1. The van der Waals surface area contributed by atoms with E-state index in [1.807, 2.05) is 6.07 Å². The molecule has 0 fully saturated rings. The number of nitriles is 1. The van der Waals surface area contributed by atoms with Gasteiger partial charge in [0.05, 0.1) is 22.3 Å². The molecule has 0 unspecified atom stereocenters. The van der Waals surface area contributed by atoms with Gasteiger partial charge in [-0.2, -0.15) is 5.26 Å². The van der Waals surface area contributed by atoms with Gasteiger partial charge in [0.25, 0.3) is 0 Å². The molecule has 0 aliphatic heterocycles. The molecular formula is C13H14ClN3O3. The Bertz CT molecular complexity index is 566. The van der Waals surface area contributed by atoms with E-state index in [2.05, 4.69) is 10.6 Å². The third kappa shape index (κ3) is 4.14. The van der Waals surface area contributed by atoms with Gasteiger partial charge in [0, 0.05) is 0 Å². The van der Waals surface area contributed by atoms with Crippen LogP contribution in [0, 0.1) is 17.2 Å². The summed E-state index contributed by atoms with van der Waals surface area (Å²) < 4.78 is 0. The van der Waals surface area contributed by atoms with Crippen molar-refractivity contribution in [3.63, 3.8) is 0 Å². The summed E-state index contributed by atoms with van der Waals surface area (Å²) in [6.07, 6.45) is 0. The summed E-state index contributed by atoms with van der Waals surface area (Å²) in [5, 5.41) is 22.7. The smallest absolute Gasteiger partial charge is 0.326 e. The molecule has 1 aromatic carbocycles. The molecule has 20 heavy (non-hydrogen) atoms. The molecule has 0 heterocycles. The Labute approximate surface area is 121 Å². The summed E-state index contributed by atoms with van der Waals surface area (Å²) in [5.41, 5.74) is 0.669. The van der Waals surface area contributed by atoms with Crippen molar-refractivity contribution in [3.8, 4) is 6.07 Å². The van der Waals surface area contributed by atoms with Gasteiger partial charge in [-0.25, -0.2) is 9.59 Å². The summed E-state index contributed by atoms with van der Waals surface area (Å²) >= 11 is 5.90. The molecule has 1 rings (SSSR count). The van der Waals surface area contributed by atoms with E-state index in [0.717, 1.165) is 0 Å². The number of carboxylic acid groups (broad SMARTS) is 1. The van der Waals surface area contributed by atoms with Crippen LogP contribution < -0.4 is 10.6 Å². The minimum atomic E-state index is -1.11. The number of carbonyl (C=O) groups excluding carboxylic acids is 1. The zero-order chi connectivity index (χ0) is 15.3. The molecule has 2 amide bonds. The van der Waals surface area contributed by atoms with E-state index in [9.17, 15) is 9.59 Å². The highest BCUT2D eigenvalue weighted by molar-refractivity contribution is 6.33. The van der Waals surface area contributed by atoms with Gasteiger partial charge in [0.1, 0.15) is 6.04 Å². The normalized spacial score (nSPS) is 11.6. The van der Waals surface area contributed by atoms with E-state index in [1.54, 1.807) is 13.8 Å². The lowest BCUT2D eigenvalue weighted by atomic mass is 10.1. The lowest BCUT2D eigenvalue weighted by Gasteiger charge is -2.18. The van der Waals surface area contributed by atoms with Gasteiger partial charge >= 0.3 is 12.0 Å². The molecule has 1 aromatic rings. The van der Waals surface area contributed by atoms with Gasteiger partial charge in [0.2, 0.25) is 0 Å². The van der Waals surface area contributed by atoms with E-state index in [4.69, 9.17) is 22.0 Å². The Kier molecular flexibility index (Phi) is 5.35. The van der Waals surface area contributed by atoms with E-state index in [-0.39, 0.29) is 10.9 Å². The van der Waals surface area contributed by atoms with Gasteiger partial charge in [-0.1, -0.05) is 25.4 Å². The first kappa shape index (κ1) is 15.8. The molecule has 0 radical (unpaired) electrons. The number of anilines is 1. The number of nitrogens with one attached hydrogen (secondary N) is 2. The predicted octanol–water partition coefficient (Wildman–Crippen LogP) is 2.44. The van der Waals surface area contributed by atoms with Crippen LogP contribution in [0.25, 0.3) is 0 Å². The number of carbonyl (C=O) groups is 2. The van der Waals surface area contributed by atoms with Gasteiger partial charge in [0.15, 0.2) is 0 Å². The fourth-order valence-electron chi connectivity index (χ4n) is 1.50. The second-order valence-electron chi connectivity index (χ2n) is 4.46. The first-order valence-electron chi connectivity index (χ1n) is 5.85. The van der Waals surface area contributed by atoms with Crippen molar-refractivity contribution in [2.75, 3.05) is 5.32 Å². The van der Waals surface area contributed by atoms with E-state index >= 15 is 0 Å². The molecule has 0 bridgehead atoms. The van der Waals surface area contributed by atoms with Crippen LogP contribution in [0.2, 0.25) is 5.02 Å². The summed E-state index contributed by atoms with van der Waals surface area (Å²) in [6.45, 7) is 3.38. The second kappa shape index (κ2) is 6.78. The summed E-state index contributed by atoms with van der Waals surface area (Å²) in [5.74, 6) is -1.37. The number of rotatable bonds is 4. The van der Waals surface area contributed by atoms with Gasteiger partial charge in [-0.05, 0) is 24.1 Å². The highest BCUT2D eigenvalue weighted by atomic mass is 35.5. The average Bonchev–Trinajstić information content (AvgIpc) is 2.37. The maximum atomic E-state index is 11.7. The number of hydrogen-bond donors (Lipinski definition) is 3. The fraction of sp³-hybridized carbons (Fsp3) is 0.308. The lowest BCUT2D eigenvalue weighted by Crippen LogP contribution is -2.46. The lowest BCUT2D eigenvalue weighted by molar-refractivity contribution is -0.140. The minimum absolute atomic E-state index is 0.204. The Morgan fingerprint density at radius 1 is 1.40 bits per heavy atom. The molecule has 3 N–H and O–H groups in total. The van der Waals surface area contributed by atoms with Crippen molar-refractivity contribution in [3.05, 3.63) is 28.8 Å². The SMILES string of the molecule is CC(C)[C@H](NC(=O)Nc1ccc(C#N)cc1Cl)C(=O)O. The summed E-state index contributed by atoms with van der Waals surface area (Å²) in [6, 6.07) is 4.65. The molecule has 0 spiro atoms. The predicted molar refractivity (Wildman–Crippen MR) is 74.6 cm³/mol. The quantitative estimate of drug-likeness (QED) is 0.794. The van der Waals surface area contributed by atoms with E-state index in [0.29, 0.717) is 11.3 Å². The zero-order valence-corrected chi connectivity index (χ0v) is 11.7. The Morgan fingerprint density at radius 2 is 2.05 bits per heavy atom. The van der Waals surface area contributed by atoms with E-state index < -0.39 is 18.0 Å². The standard InChI is InChI=1S/C13H14ClN3O3/c1-7(2)11(12(18)19)17-13(20)16-10-4-3-8(6-15)5-9(10)14/h3-5,7,11H,1-2H3,(H,18,19)(H2,16,17,20)/t11-/m0/s1. The molecule has 1 atom stereocenters. The molecule has 0 saturated heterocycles. The zero-order valence-electron chi connectivity index (χ0n) is 11.0.